The minimum Gasteiger partial charge on any atom is -0.487 e. The number of nitrogens with two attached hydrogens (primary N) is 1. The Bertz CT molecular complexity index is 502. The summed E-state index contributed by atoms with van der Waals surface area (Å²) in [4.78, 5) is 0. The second-order valence-corrected chi connectivity index (χ2v) is 8.49. The molecule has 110 valence electrons. The predicted molar refractivity (Wildman–Crippen MR) is 82.8 cm³/mol. The third-order valence-corrected chi connectivity index (χ3v) is 4.80. The highest BCUT2D eigenvalue weighted by molar-refractivity contribution is 5.39. The van der Waals surface area contributed by atoms with Crippen LogP contribution < -0.4 is 10.5 Å². The highest BCUT2D eigenvalue weighted by atomic mass is 16.5. The van der Waals surface area contributed by atoms with Gasteiger partial charge in [0, 0.05) is 18.0 Å². The van der Waals surface area contributed by atoms with Crippen LogP contribution in [0.2, 0.25) is 0 Å². The Morgan fingerprint density at radius 1 is 1.00 bits per heavy atom. The van der Waals surface area contributed by atoms with Gasteiger partial charge < -0.3 is 10.5 Å². The Kier molecular flexibility index (Phi) is 2.95. The zero-order valence-corrected chi connectivity index (χ0v) is 13.2. The van der Waals surface area contributed by atoms with E-state index in [-0.39, 0.29) is 11.6 Å². The SMILES string of the molecule is CC1(C)CC(C)(C)CC2(CC(N)c3ccccc3O2)C1. The van der Waals surface area contributed by atoms with E-state index in [4.69, 9.17) is 10.5 Å². The van der Waals surface area contributed by atoms with Gasteiger partial charge in [-0.05, 0) is 36.2 Å². The first-order chi connectivity index (χ1) is 9.21. The second-order valence-electron chi connectivity index (χ2n) is 8.49. The molecule has 0 amide bonds. The highest BCUT2D eigenvalue weighted by Gasteiger charge is 2.51. The van der Waals surface area contributed by atoms with Crippen LogP contribution in [0.5, 0.6) is 5.75 Å². The standard InChI is InChI=1S/C18H27NO/c1-16(2)10-17(3,4)12-18(11-16)9-14(19)13-7-5-6-8-15(13)20-18/h5-8,14H,9-12,19H2,1-4H3. The molecular weight excluding hydrogens is 246 g/mol. The second kappa shape index (κ2) is 4.24. The van der Waals surface area contributed by atoms with E-state index < -0.39 is 0 Å². The molecule has 2 nitrogen and oxygen atoms in total. The summed E-state index contributed by atoms with van der Waals surface area (Å²) in [6.45, 7) is 9.46. The van der Waals surface area contributed by atoms with Crippen LogP contribution in [-0.2, 0) is 0 Å². The van der Waals surface area contributed by atoms with Crippen molar-refractivity contribution in [1.82, 2.24) is 0 Å². The summed E-state index contributed by atoms with van der Waals surface area (Å²) in [5, 5.41) is 0. The molecule has 1 spiro atoms. The molecule has 2 N–H and O–H groups in total. The van der Waals surface area contributed by atoms with Gasteiger partial charge in [-0.25, -0.2) is 0 Å². The zero-order chi connectivity index (χ0) is 14.6. The number of fused-ring (bicyclic) bond motifs is 1. The maximum atomic E-state index is 6.52. The summed E-state index contributed by atoms with van der Waals surface area (Å²) < 4.78 is 6.52. The molecule has 1 unspecified atom stereocenters. The van der Waals surface area contributed by atoms with Crippen LogP contribution in [0.3, 0.4) is 0 Å². The Morgan fingerprint density at radius 2 is 1.60 bits per heavy atom. The van der Waals surface area contributed by atoms with Crippen molar-refractivity contribution in [3.8, 4) is 5.75 Å². The number of benzene rings is 1. The van der Waals surface area contributed by atoms with Gasteiger partial charge in [-0.2, -0.15) is 0 Å². The number of para-hydroxylation sites is 1. The van der Waals surface area contributed by atoms with Crippen molar-refractivity contribution in [1.29, 1.82) is 0 Å². The van der Waals surface area contributed by atoms with Gasteiger partial charge >= 0.3 is 0 Å². The molecule has 1 aliphatic carbocycles. The predicted octanol–water partition coefficient (Wildman–Crippen LogP) is 4.44. The van der Waals surface area contributed by atoms with E-state index in [1.165, 1.54) is 12.0 Å². The fraction of sp³-hybridized carbons (Fsp3) is 0.667. The average molecular weight is 273 g/mol. The monoisotopic (exact) mass is 273 g/mol. The fourth-order valence-electron chi connectivity index (χ4n) is 5.11. The van der Waals surface area contributed by atoms with Crippen molar-refractivity contribution in [3.05, 3.63) is 29.8 Å². The van der Waals surface area contributed by atoms with E-state index in [1.54, 1.807) is 0 Å². The number of ether oxygens (including phenoxy) is 1. The van der Waals surface area contributed by atoms with Gasteiger partial charge in [0.15, 0.2) is 0 Å². The number of rotatable bonds is 0. The first-order valence-corrected chi connectivity index (χ1v) is 7.74. The lowest BCUT2D eigenvalue weighted by Crippen LogP contribution is -2.52. The van der Waals surface area contributed by atoms with E-state index in [2.05, 4.69) is 45.9 Å². The molecule has 1 heterocycles. The van der Waals surface area contributed by atoms with Gasteiger partial charge in [0.25, 0.3) is 0 Å². The van der Waals surface area contributed by atoms with Crippen LogP contribution >= 0.6 is 0 Å². The number of hydrogen-bond donors (Lipinski definition) is 1. The van der Waals surface area contributed by atoms with Crippen molar-refractivity contribution < 1.29 is 4.74 Å². The normalized spacial score (nSPS) is 29.6. The molecule has 1 fully saturated rings. The first kappa shape index (κ1) is 13.9. The van der Waals surface area contributed by atoms with Gasteiger partial charge in [-0.3, -0.25) is 0 Å². The third kappa shape index (κ3) is 2.46. The summed E-state index contributed by atoms with van der Waals surface area (Å²) >= 11 is 0. The number of hydrogen-bond acceptors (Lipinski definition) is 2. The molecule has 0 radical (unpaired) electrons. The Hall–Kier alpha value is -1.02. The van der Waals surface area contributed by atoms with Crippen molar-refractivity contribution in [2.24, 2.45) is 16.6 Å². The van der Waals surface area contributed by atoms with Gasteiger partial charge in [-0.1, -0.05) is 45.9 Å². The van der Waals surface area contributed by atoms with Crippen LogP contribution in [0.25, 0.3) is 0 Å². The lowest BCUT2D eigenvalue weighted by Gasteiger charge is -2.54. The van der Waals surface area contributed by atoms with E-state index >= 15 is 0 Å². The molecule has 1 atom stereocenters. The van der Waals surface area contributed by atoms with Gasteiger partial charge in [-0.15, -0.1) is 0 Å². The topological polar surface area (TPSA) is 35.2 Å². The molecule has 0 saturated heterocycles. The van der Waals surface area contributed by atoms with Crippen LogP contribution in [-0.4, -0.2) is 5.60 Å². The molecule has 20 heavy (non-hydrogen) atoms. The Morgan fingerprint density at radius 3 is 2.25 bits per heavy atom. The summed E-state index contributed by atoms with van der Waals surface area (Å²) in [6, 6.07) is 8.37. The Balaban J connectivity index is 1.98. The molecule has 0 bridgehead atoms. The minimum atomic E-state index is -0.0843. The molecule has 1 aromatic carbocycles. The highest BCUT2D eigenvalue weighted by Crippen LogP contribution is 2.55. The summed E-state index contributed by atoms with van der Waals surface area (Å²) in [6.07, 6.45) is 4.40. The van der Waals surface area contributed by atoms with E-state index in [0.29, 0.717) is 10.8 Å². The third-order valence-electron chi connectivity index (χ3n) is 4.80. The fourth-order valence-corrected chi connectivity index (χ4v) is 5.11. The van der Waals surface area contributed by atoms with E-state index in [1.807, 2.05) is 6.07 Å². The first-order valence-electron chi connectivity index (χ1n) is 7.74. The zero-order valence-electron chi connectivity index (χ0n) is 13.2. The van der Waals surface area contributed by atoms with E-state index in [0.717, 1.165) is 25.0 Å². The molecular formula is C18H27NO. The molecule has 1 saturated carbocycles. The van der Waals surface area contributed by atoms with Crippen molar-refractivity contribution in [2.45, 2.75) is 65.0 Å². The molecule has 2 aliphatic rings. The molecule has 2 heteroatoms. The lowest BCUT2D eigenvalue weighted by atomic mass is 9.58. The molecule has 0 aromatic heterocycles. The van der Waals surface area contributed by atoms with Crippen LogP contribution in [0.15, 0.2) is 24.3 Å². The largest absolute Gasteiger partial charge is 0.487 e. The van der Waals surface area contributed by atoms with Crippen molar-refractivity contribution >= 4 is 0 Å². The van der Waals surface area contributed by atoms with Crippen molar-refractivity contribution in [3.63, 3.8) is 0 Å². The summed E-state index contributed by atoms with van der Waals surface area (Å²) in [7, 11) is 0. The van der Waals surface area contributed by atoms with E-state index in [9.17, 15) is 0 Å². The van der Waals surface area contributed by atoms with Gasteiger partial charge in [0.1, 0.15) is 11.4 Å². The molecule has 3 rings (SSSR count). The quantitative estimate of drug-likeness (QED) is 0.758. The van der Waals surface area contributed by atoms with Crippen LogP contribution in [0, 0.1) is 10.8 Å². The lowest BCUT2D eigenvalue weighted by molar-refractivity contribution is -0.0839. The van der Waals surface area contributed by atoms with Gasteiger partial charge in [0.05, 0.1) is 0 Å². The van der Waals surface area contributed by atoms with Crippen LogP contribution in [0.4, 0.5) is 0 Å². The summed E-state index contributed by atoms with van der Waals surface area (Å²) in [5.74, 6) is 1.000. The van der Waals surface area contributed by atoms with Crippen LogP contribution in [0.1, 0.15) is 65.0 Å². The maximum absolute atomic E-state index is 6.52. The smallest absolute Gasteiger partial charge is 0.124 e. The Labute approximate surface area is 122 Å². The molecule has 1 aromatic rings. The van der Waals surface area contributed by atoms with Gasteiger partial charge in [0.2, 0.25) is 0 Å². The molecule has 1 aliphatic heterocycles. The average Bonchev–Trinajstić information content (AvgIpc) is 2.23. The minimum absolute atomic E-state index is 0.0843. The van der Waals surface area contributed by atoms with Crippen molar-refractivity contribution in [2.75, 3.05) is 0 Å². The maximum Gasteiger partial charge on any atom is 0.124 e. The summed E-state index contributed by atoms with van der Waals surface area (Å²) in [5.41, 5.74) is 8.16.